The molecule has 0 saturated carbocycles. The first-order valence-corrected chi connectivity index (χ1v) is 4.88. The molecule has 13 heavy (non-hydrogen) atoms. The number of rotatable bonds is 0. The largest absolute Gasteiger partial charge is 0.315 e. The van der Waals surface area contributed by atoms with Gasteiger partial charge in [0, 0.05) is 12.1 Å². The highest BCUT2D eigenvalue weighted by atomic mass is 35.5. The summed E-state index contributed by atoms with van der Waals surface area (Å²) in [5, 5.41) is 3.51. The Morgan fingerprint density at radius 2 is 1.85 bits per heavy atom. The first-order valence-electron chi connectivity index (χ1n) is 4.88. The van der Waals surface area contributed by atoms with E-state index < -0.39 is 0 Å². The predicted molar refractivity (Wildman–Crippen MR) is 59.0 cm³/mol. The van der Waals surface area contributed by atoms with Crippen LogP contribution in [0, 0.1) is 5.92 Å². The predicted octanol–water partition coefficient (Wildman–Crippen LogP) is 1.29. The Hall–Kier alpha value is 0.500. The number of nitrogens with zero attached hydrogens (tertiary/aromatic N) is 1. The fourth-order valence-electron chi connectivity index (χ4n) is 3.44. The molecule has 0 amide bonds. The number of halogens is 2. The molecule has 0 aromatic heterocycles. The van der Waals surface area contributed by atoms with Crippen LogP contribution in [0.25, 0.3) is 0 Å². The molecular formula is C9H18Cl2N2. The summed E-state index contributed by atoms with van der Waals surface area (Å²) in [6, 6.07) is 0. The molecule has 3 heterocycles. The zero-order valence-corrected chi connectivity index (χ0v) is 9.42. The minimum atomic E-state index is 0. The zero-order valence-electron chi connectivity index (χ0n) is 7.79. The Kier molecular flexibility index (Phi) is 3.50. The molecule has 0 aromatic rings. The molecule has 0 aromatic carbocycles. The molecule has 4 heteroatoms. The van der Waals surface area contributed by atoms with Crippen molar-refractivity contribution in [2.45, 2.75) is 24.8 Å². The summed E-state index contributed by atoms with van der Waals surface area (Å²) in [7, 11) is 0. The normalized spacial score (nSPS) is 46.2. The SMILES string of the molecule is C1CC2(CN1)C1CCN2CC1.Cl.Cl. The van der Waals surface area contributed by atoms with Gasteiger partial charge >= 0.3 is 0 Å². The van der Waals surface area contributed by atoms with Crippen molar-refractivity contribution < 1.29 is 0 Å². The van der Waals surface area contributed by atoms with Crippen LogP contribution < -0.4 is 5.32 Å². The van der Waals surface area contributed by atoms with E-state index in [4.69, 9.17) is 0 Å². The third kappa shape index (κ3) is 1.39. The third-order valence-corrected chi connectivity index (χ3v) is 4.05. The second-order valence-electron chi connectivity index (χ2n) is 4.29. The van der Waals surface area contributed by atoms with Gasteiger partial charge in [-0.25, -0.2) is 0 Å². The maximum atomic E-state index is 3.51. The molecule has 1 N–H and O–H groups in total. The third-order valence-electron chi connectivity index (χ3n) is 4.05. The lowest BCUT2D eigenvalue weighted by Gasteiger charge is -2.30. The van der Waals surface area contributed by atoms with Crippen molar-refractivity contribution in [1.82, 2.24) is 10.2 Å². The van der Waals surface area contributed by atoms with Crippen LogP contribution in [-0.2, 0) is 0 Å². The second-order valence-corrected chi connectivity index (χ2v) is 4.29. The molecule has 3 aliphatic rings. The van der Waals surface area contributed by atoms with E-state index in [2.05, 4.69) is 10.2 Å². The van der Waals surface area contributed by atoms with Gasteiger partial charge in [0.05, 0.1) is 0 Å². The highest BCUT2D eigenvalue weighted by molar-refractivity contribution is 5.85. The lowest BCUT2D eigenvalue weighted by molar-refractivity contribution is 0.192. The van der Waals surface area contributed by atoms with Gasteiger partial charge in [-0.3, -0.25) is 4.90 Å². The van der Waals surface area contributed by atoms with E-state index in [1.165, 1.54) is 45.4 Å². The Bertz CT molecular complexity index is 158. The van der Waals surface area contributed by atoms with Gasteiger partial charge in [-0.1, -0.05) is 0 Å². The van der Waals surface area contributed by atoms with Gasteiger partial charge in [0.1, 0.15) is 0 Å². The molecule has 2 nitrogen and oxygen atoms in total. The smallest absolute Gasteiger partial charge is 0.0375 e. The molecule has 2 bridgehead atoms. The summed E-state index contributed by atoms with van der Waals surface area (Å²) in [6.45, 7) is 5.30. The summed E-state index contributed by atoms with van der Waals surface area (Å²) >= 11 is 0. The zero-order chi connectivity index (χ0) is 7.31. The maximum absolute atomic E-state index is 3.51. The van der Waals surface area contributed by atoms with Gasteiger partial charge < -0.3 is 5.32 Å². The fraction of sp³-hybridized carbons (Fsp3) is 1.00. The van der Waals surface area contributed by atoms with E-state index in [1.54, 1.807) is 0 Å². The number of nitrogens with one attached hydrogen (secondary N) is 1. The molecule has 0 radical (unpaired) electrons. The average Bonchev–Trinajstić information content (AvgIpc) is 2.72. The van der Waals surface area contributed by atoms with Crippen LogP contribution in [0.2, 0.25) is 0 Å². The standard InChI is InChI=1S/C9H16N2.2ClH/c1-5-11-6-2-8(1)9(11)3-4-10-7-9;;/h8,10H,1-7H2;2*1H. The molecule has 0 aliphatic carbocycles. The van der Waals surface area contributed by atoms with Crippen LogP contribution in [0.3, 0.4) is 0 Å². The van der Waals surface area contributed by atoms with Crippen molar-refractivity contribution >= 4 is 24.8 Å². The molecule has 3 rings (SSSR count). The van der Waals surface area contributed by atoms with Gasteiger partial charge in [-0.05, 0) is 44.8 Å². The highest BCUT2D eigenvalue weighted by Crippen LogP contribution is 2.46. The Balaban J connectivity index is 0.000000422. The van der Waals surface area contributed by atoms with Crippen LogP contribution in [0.4, 0.5) is 0 Å². The Labute approximate surface area is 92.3 Å². The Morgan fingerprint density at radius 3 is 2.23 bits per heavy atom. The molecule has 3 saturated heterocycles. The number of piperidine rings is 1. The summed E-state index contributed by atoms with van der Waals surface area (Å²) in [4.78, 5) is 2.73. The summed E-state index contributed by atoms with van der Waals surface area (Å²) in [5.41, 5.74) is 0.639. The quantitative estimate of drug-likeness (QED) is 0.668. The van der Waals surface area contributed by atoms with Crippen LogP contribution in [0.1, 0.15) is 19.3 Å². The molecule has 78 valence electrons. The second kappa shape index (κ2) is 3.93. The van der Waals surface area contributed by atoms with E-state index in [1.807, 2.05) is 0 Å². The summed E-state index contributed by atoms with van der Waals surface area (Å²) < 4.78 is 0. The summed E-state index contributed by atoms with van der Waals surface area (Å²) in [5.74, 6) is 1.04. The summed E-state index contributed by atoms with van der Waals surface area (Å²) in [6.07, 6.45) is 4.36. The van der Waals surface area contributed by atoms with Crippen LogP contribution in [0.5, 0.6) is 0 Å². The van der Waals surface area contributed by atoms with Gasteiger partial charge in [0.25, 0.3) is 0 Å². The van der Waals surface area contributed by atoms with E-state index in [0.29, 0.717) is 5.54 Å². The number of hydrogen-bond donors (Lipinski definition) is 1. The lowest BCUT2D eigenvalue weighted by Crippen LogP contribution is -2.43. The molecule has 1 unspecified atom stereocenters. The van der Waals surface area contributed by atoms with Crippen LogP contribution in [0.15, 0.2) is 0 Å². The van der Waals surface area contributed by atoms with Crippen molar-refractivity contribution in [1.29, 1.82) is 0 Å². The molecule has 1 spiro atoms. The first-order chi connectivity index (χ1) is 5.42. The molecular weight excluding hydrogens is 207 g/mol. The van der Waals surface area contributed by atoms with Gasteiger partial charge in [-0.2, -0.15) is 0 Å². The van der Waals surface area contributed by atoms with E-state index in [0.717, 1.165) is 5.92 Å². The van der Waals surface area contributed by atoms with E-state index in [-0.39, 0.29) is 24.8 Å². The Morgan fingerprint density at radius 1 is 1.15 bits per heavy atom. The lowest BCUT2D eigenvalue weighted by atomic mass is 9.85. The van der Waals surface area contributed by atoms with Crippen molar-refractivity contribution in [2.75, 3.05) is 26.2 Å². The van der Waals surface area contributed by atoms with Crippen molar-refractivity contribution in [3.05, 3.63) is 0 Å². The van der Waals surface area contributed by atoms with E-state index >= 15 is 0 Å². The van der Waals surface area contributed by atoms with E-state index in [9.17, 15) is 0 Å². The average molecular weight is 225 g/mol. The van der Waals surface area contributed by atoms with Gasteiger partial charge in [-0.15, -0.1) is 24.8 Å². The first kappa shape index (κ1) is 11.6. The minimum Gasteiger partial charge on any atom is -0.315 e. The molecule has 1 atom stereocenters. The number of hydrogen-bond acceptors (Lipinski definition) is 2. The van der Waals surface area contributed by atoms with Crippen LogP contribution >= 0.6 is 24.8 Å². The van der Waals surface area contributed by atoms with Crippen molar-refractivity contribution in [3.8, 4) is 0 Å². The van der Waals surface area contributed by atoms with Crippen molar-refractivity contribution in [3.63, 3.8) is 0 Å². The van der Waals surface area contributed by atoms with Gasteiger partial charge in [0.2, 0.25) is 0 Å². The monoisotopic (exact) mass is 224 g/mol. The molecule has 3 aliphatic heterocycles. The van der Waals surface area contributed by atoms with Crippen LogP contribution in [-0.4, -0.2) is 36.6 Å². The maximum Gasteiger partial charge on any atom is 0.0375 e. The highest BCUT2D eigenvalue weighted by Gasteiger charge is 2.53. The van der Waals surface area contributed by atoms with Gasteiger partial charge in [0.15, 0.2) is 0 Å². The topological polar surface area (TPSA) is 15.3 Å². The molecule has 3 fully saturated rings. The fourth-order valence-corrected chi connectivity index (χ4v) is 3.44. The minimum absolute atomic E-state index is 0. The van der Waals surface area contributed by atoms with Crippen molar-refractivity contribution in [2.24, 2.45) is 5.92 Å².